The van der Waals surface area contributed by atoms with Gasteiger partial charge in [0.15, 0.2) is 0 Å². The van der Waals surface area contributed by atoms with E-state index in [0.29, 0.717) is 11.5 Å². The molecule has 1 heterocycles. The molecule has 136 valence electrons. The standard InChI is InChI=1S/C21H23NO3S/c1-26-19-9-5-4-8-18(19)20(23)22-12-10-15(11-13-22)14-16-6-2-3-7-17(16)21(24)25/h2-9,15H,10-14H2,1H3,(H,24,25). The summed E-state index contributed by atoms with van der Waals surface area (Å²) in [7, 11) is 0. The van der Waals surface area contributed by atoms with Gasteiger partial charge in [0, 0.05) is 18.0 Å². The first kappa shape index (κ1) is 18.5. The summed E-state index contributed by atoms with van der Waals surface area (Å²) in [4.78, 5) is 27.1. The number of benzene rings is 2. The van der Waals surface area contributed by atoms with Gasteiger partial charge in [-0.3, -0.25) is 4.79 Å². The molecule has 5 heteroatoms. The topological polar surface area (TPSA) is 57.6 Å². The fourth-order valence-electron chi connectivity index (χ4n) is 3.55. The Hall–Kier alpha value is -2.27. The first-order chi connectivity index (χ1) is 12.6. The third kappa shape index (κ3) is 4.10. The number of hydrogen-bond donors (Lipinski definition) is 1. The van der Waals surface area contributed by atoms with Crippen molar-refractivity contribution in [2.45, 2.75) is 24.2 Å². The highest BCUT2D eigenvalue weighted by Gasteiger charge is 2.25. The summed E-state index contributed by atoms with van der Waals surface area (Å²) in [6.45, 7) is 1.45. The van der Waals surface area contributed by atoms with Crippen molar-refractivity contribution in [3.05, 3.63) is 65.2 Å². The van der Waals surface area contributed by atoms with Crippen LogP contribution in [0.4, 0.5) is 0 Å². The molecule has 3 rings (SSSR count). The highest BCUT2D eigenvalue weighted by molar-refractivity contribution is 7.98. The first-order valence-corrected chi connectivity index (χ1v) is 10.1. The molecule has 0 unspecified atom stereocenters. The van der Waals surface area contributed by atoms with Crippen LogP contribution < -0.4 is 0 Å². The van der Waals surface area contributed by atoms with Crippen LogP contribution in [0.1, 0.15) is 39.1 Å². The normalized spacial score (nSPS) is 15.0. The molecule has 2 aromatic rings. The van der Waals surface area contributed by atoms with Crippen LogP contribution >= 0.6 is 11.8 Å². The largest absolute Gasteiger partial charge is 0.478 e. The average Bonchev–Trinajstić information content (AvgIpc) is 2.68. The first-order valence-electron chi connectivity index (χ1n) is 8.83. The summed E-state index contributed by atoms with van der Waals surface area (Å²) in [6, 6.07) is 14.9. The lowest BCUT2D eigenvalue weighted by molar-refractivity contribution is 0.0687. The summed E-state index contributed by atoms with van der Waals surface area (Å²) < 4.78 is 0. The number of carboxylic acids is 1. The van der Waals surface area contributed by atoms with Crippen molar-refractivity contribution in [3.63, 3.8) is 0 Å². The van der Waals surface area contributed by atoms with Gasteiger partial charge < -0.3 is 10.0 Å². The van der Waals surface area contributed by atoms with Gasteiger partial charge in [0.25, 0.3) is 5.91 Å². The van der Waals surface area contributed by atoms with E-state index in [2.05, 4.69) is 0 Å². The van der Waals surface area contributed by atoms with Gasteiger partial charge in [-0.15, -0.1) is 11.8 Å². The third-order valence-electron chi connectivity index (χ3n) is 5.00. The zero-order valence-corrected chi connectivity index (χ0v) is 15.7. The van der Waals surface area contributed by atoms with Crippen LogP contribution in [0.15, 0.2) is 53.4 Å². The Labute approximate surface area is 158 Å². The molecule has 0 spiro atoms. The van der Waals surface area contributed by atoms with Crippen LogP contribution in [0.3, 0.4) is 0 Å². The molecule has 1 N–H and O–H groups in total. The van der Waals surface area contributed by atoms with E-state index in [1.165, 1.54) is 0 Å². The van der Waals surface area contributed by atoms with E-state index >= 15 is 0 Å². The van der Waals surface area contributed by atoms with E-state index in [0.717, 1.165) is 48.4 Å². The van der Waals surface area contributed by atoms with Crippen LogP contribution in [0, 0.1) is 5.92 Å². The van der Waals surface area contributed by atoms with Gasteiger partial charge in [-0.2, -0.15) is 0 Å². The minimum Gasteiger partial charge on any atom is -0.478 e. The molecule has 1 fully saturated rings. The quantitative estimate of drug-likeness (QED) is 0.803. The monoisotopic (exact) mass is 369 g/mol. The third-order valence-corrected chi connectivity index (χ3v) is 5.79. The lowest BCUT2D eigenvalue weighted by Crippen LogP contribution is -2.39. The van der Waals surface area contributed by atoms with Crippen molar-refractivity contribution in [1.82, 2.24) is 4.90 Å². The fourth-order valence-corrected chi connectivity index (χ4v) is 4.14. The molecule has 0 aliphatic carbocycles. The molecule has 0 atom stereocenters. The second kappa shape index (κ2) is 8.41. The highest BCUT2D eigenvalue weighted by atomic mass is 32.2. The van der Waals surface area contributed by atoms with Crippen molar-refractivity contribution in [2.24, 2.45) is 5.92 Å². The maximum atomic E-state index is 12.8. The van der Waals surface area contributed by atoms with Gasteiger partial charge in [0.1, 0.15) is 0 Å². The SMILES string of the molecule is CSc1ccccc1C(=O)N1CCC(Cc2ccccc2C(=O)O)CC1. The number of piperidine rings is 1. The molecule has 0 aromatic heterocycles. The van der Waals surface area contributed by atoms with E-state index < -0.39 is 5.97 Å². The zero-order chi connectivity index (χ0) is 18.5. The molecule has 0 saturated carbocycles. The number of rotatable bonds is 5. The van der Waals surface area contributed by atoms with Crippen LogP contribution in [0.2, 0.25) is 0 Å². The average molecular weight is 369 g/mol. The van der Waals surface area contributed by atoms with Gasteiger partial charge in [-0.05, 0) is 55.2 Å². The zero-order valence-electron chi connectivity index (χ0n) is 14.9. The van der Waals surface area contributed by atoms with Crippen molar-refractivity contribution >= 4 is 23.6 Å². The summed E-state index contributed by atoms with van der Waals surface area (Å²) in [5.41, 5.74) is 2.05. The number of carbonyl (C=O) groups is 2. The molecule has 4 nitrogen and oxygen atoms in total. The molecule has 1 saturated heterocycles. The van der Waals surface area contributed by atoms with Crippen molar-refractivity contribution in [1.29, 1.82) is 0 Å². The van der Waals surface area contributed by atoms with Crippen LogP contribution in [0.25, 0.3) is 0 Å². The summed E-state index contributed by atoms with van der Waals surface area (Å²) in [6.07, 6.45) is 4.55. The van der Waals surface area contributed by atoms with E-state index in [9.17, 15) is 14.7 Å². The number of aromatic carboxylic acids is 1. The maximum absolute atomic E-state index is 12.8. The Morgan fingerprint density at radius 2 is 1.65 bits per heavy atom. The number of likely N-dealkylation sites (tertiary alicyclic amines) is 1. The lowest BCUT2D eigenvalue weighted by atomic mass is 9.88. The second-order valence-corrected chi connectivity index (χ2v) is 7.45. The van der Waals surface area contributed by atoms with Gasteiger partial charge in [-0.1, -0.05) is 30.3 Å². The smallest absolute Gasteiger partial charge is 0.335 e. The van der Waals surface area contributed by atoms with Crippen LogP contribution in [-0.4, -0.2) is 41.2 Å². The molecule has 26 heavy (non-hydrogen) atoms. The Kier molecular flexibility index (Phi) is 5.99. The van der Waals surface area contributed by atoms with Crippen LogP contribution in [-0.2, 0) is 6.42 Å². The highest BCUT2D eigenvalue weighted by Crippen LogP contribution is 2.26. The molecule has 0 bridgehead atoms. The van der Waals surface area contributed by atoms with E-state index in [1.807, 2.05) is 47.6 Å². The number of thioether (sulfide) groups is 1. The molecule has 1 aliphatic rings. The lowest BCUT2D eigenvalue weighted by Gasteiger charge is -2.32. The Bertz CT molecular complexity index is 797. The maximum Gasteiger partial charge on any atom is 0.335 e. The van der Waals surface area contributed by atoms with E-state index in [1.54, 1.807) is 23.9 Å². The summed E-state index contributed by atoms with van der Waals surface area (Å²) >= 11 is 1.59. The minimum atomic E-state index is -0.873. The number of amides is 1. The van der Waals surface area contributed by atoms with Gasteiger partial charge in [-0.25, -0.2) is 4.79 Å². The number of carboxylic acid groups (broad SMARTS) is 1. The minimum absolute atomic E-state index is 0.0966. The Morgan fingerprint density at radius 1 is 1.04 bits per heavy atom. The second-order valence-electron chi connectivity index (χ2n) is 6.60. The Morgan fingerprint density at radius 3 is 2.31 bits per heavy atom. The number of carbonyl (C=O) groups excluding carboxylic acids is 1. The predicted octanol–water partition coefficient (Wildman–Crippen LogP) is 4.20. The van der Waals surface area contributed by atoms with Crippen molar-refractivity contribution in [3.8, 4) is 0 Å². The fraction of sp³-hybridized carbons (Fsp3) is 0.333. The Balaban J connectivity index is 1.63. The predicted molar refractivity (Wildman–Crippen MR) is 104 cm³/mol. The summed E-state index contributed by atoms with van der Waals surface area (Å²) in [5.74, 6) is -0.364. The number of nitrogens with zero attached hydrogens (tertiary/aromatic N) is 1. The van der Waals surface area contributed by atoms with E-state index in [4.69, 9.17) is 0 Å². The van der Waals surface area contributed by atoms with Gasteiger partial charge >= 0.3 is 5.97 Å². The molecular formula is C21H23NO3S. The summed E-state index contributed by atoms with van der Waals surface area (Å²) in [5, 5.41) is 9.33. The molecule has 1 amide bonds. The molecule has 2 aromatic carbocycles. The van der Waals surface area contributed by atoms with Crippen molar-refractivity contribution in [2.75, 3.05) is 19.3 Å². The van der Waals surface area contributed by atoms with Crippen molar-refractivity contribution < 1.29 is 14.7 Å². The molecule has 1 aliphatic heterocycles. The van der Waals surface area contributed by atoms with Crippen LogP contribution in [0.5, 0.6) is 0 Å². The molecule has 0 radical (unpaired) electrons. The van der Waals surface area contributed by atoms with Gasteiger partial charge in [0.2, 0.25) is 0 Å². The number of hydrogen-bond acceptors (Lipinski definition) is 3. The van der Waals surface area contributed by atoms with E-state index in [-0.39, 0.29) is 5.91 Å². The van der Waals surface area contributed by atoms with Gasteiger partial charge in [0.05, 0.1) is 11.1 Å². The molecular weight excluding hydrogens is 346 g/mol.